The van der Waals surface area contributed by atoms with Crippen LogP contribution in [0, 0.1) is 0 Å². The monoisotopic (exact) mass is 272 g/mol. The lowest BCUT2D eigenvalue weighted by Crippen LogP contribution is -2.34. The molecule has 1 atom stereocenters. The number of aromatic nitrogens is 3. The smallest absolute Gasteiger partial charge is 0.244 e. The first-order chi connectivity index (χ1) is 9.88. The molecular weight excluding hydrogens is 252 g/mol. The van der Waals surface area contributed by atoms with Gasteiger partial charge in [-0.2, -0.15) is 4.98 Å². The van der Waals surface area contributed by atoms with Gasteiger partial charge in [-0.15, -0.1) is 0 Å². The van der Waals surface area contributed by atoms with Crippen molar-refractivity contribution < 1.29 is 4.52 Å². The molecule has 5 heteroatoms. The Balaban J connectivity index is 1.81. The molecule has 1 aliphatic heterocycles. The Morgan fingerprint density at radius 1 is 1.30 bits per heavy atom. The zero-order chi connectivity index (χ0) is 13.8. The minimum atomic E-state index is 0.284. The first kappa shape index (κ1) is 13.2. The summed E-state index contributed by atoms with van der Waals surface area (Å²) in [5.41, 5.74) is 0.952. The van der Waals surface area contributed by atoms with Crippen LogP contribution in [-0.4, -0.2) is 33.1 Å². The number of hydrogen-bond acceptors (Lipinski definition) is 5. The van der Waals surface area contributed by atoms with E-state index in [1.54, 1.807) is 12.4 Å². The van der Waals surface area contributed by atoms with Crippen molar-refractivity contribution in [3.63, 3.8) is 0 Å². The molecule has 0 aliphatic carbocycles. The Morgan fingerprint density at radius 2 is 2.15 bits per heavy atom. The van der Waals surface area contributed by atoms with Crippen LogP contribution in [0.25, 0.3) is 11.4 Å². The molecule has 2 aromatic rings. The van der Waals surface area contributed by atoms with Gasteiger partial charge in [0.05, 0.1) is 6.04 Å². The molecule has 0 radical (unpaired) electrons. The second-order valence-electron chi connectivity index (χ2n) is 5.24. The van der Waals surface area contributed by atoms with Gasteiger partial charge in [0, 0.05) is 18.0 Å². The highest BCUT2D eigenvalue weighted by molar-refractivity contribution is 5.52. The van der Waals surface area contributed by atoms with E-state index in [1.807, 2.05) is 12.1 Å². The van der Waals surface area contributed by atoms with Crippen molar-refractivity contribution in [3.8, 4) is 11.4 Å². The first-order valence-electron chi connectivity index (χ1n) is 7.36. The average molecular weight is 272 g/mol. The van der Waals surface area contributed by atoms with Gasteiger partial charge in [0.1, 0.15) is 0 Å². The predicted octanol–water partition coefficient (Wildman–Crippen LogP) is 3.07. The van der Waals surface area contributed by atoms with Crippen molar-refractivity contribution in [2.75, 3.05) is 13.1 Å². The second kappa shape index (κ2) is 6.13. The fraction of sp³-hybridized carbons (Fsp3) is 0.533. The molecule has 0 spiro atoms. The molecule has 3 heterocycles. The minimum absolute atomic E-state index is 0.284. The molecule has 1 unspecified atom stereocenters. The van der Waals surface area contributed by atoms with Crippen LogP contribution in [-0.2, 0) is 0 Å². The van der Waals surface area contributed by atoms with E-state index in [2.05, 4.69) is 26.9 Å². The third-order valence-corrected chi connectivity index (χ3v) is 3.79. The van der Waals surface area contributed by atoms with Crippen LogP contribution in [0.4, 0.5) is 0 Å². The van der Waals surface area contributed by atoms with E-state index in [0.29, 0.717) is 5.82 Å². The zero-order valence-electron chi connectivity index (χ0n) is 11.8. The van der Waals surface area contributed by atoms with E-state index in [-0.39, 0.29) is 6.04 Å². The molecule has 0 amide bonds. The fourth-order valence-electron chi connectivity index (χ4n) is 2.81. The summed E-state index contributed by atoms with van der Waals surface area (Å²) in [7, 11) is 0. The second-order valence-corrected chi connectivity index (χ2v) is 5.24. The molecular formula is C15H20N4O. The highest BCUT2D eigenvalue weighted by Crippen LogP contribution is 2.30. The Morgan fingerprint density at radius 3 is 2.95 bits per heavy atom. The lowest BCUT2D eigenvalue weighted by molar-refractivity contribution is 0.119. The minimum Gasteiger partial charge on any atom is -0.337 e. The lowest BCUT2D eigenvalue weighted by Gasteiger charge is -2.32. The number of hydrogen-bond donors (Lipinski definition) is 0. The zero-order valence-corrected chi connectivity index (χ0v) is 11.8. The quantitative estimate of drug-likeness (QED) is 0.856. The Bertz CT molecular complexity index is 538. The van der Waals surface area contributed by atoms with E-state index in [0.717, 1.165) is 37.4 Å². The van der Waals surface area contributed by atoms with Gasteiger partial charge in [0.15, 0.2) is 0 Å². The maximum absolute atomic E-state index is 5.51. The standard InChI is InChI=1S/C15H20N4O/c1-2-10-19-11-4-3-5-13(19)15-17-14(18-20-15)12-6-8-16-9-7-12/h6-9,13H,2-5,10-11H2,1H3. The highest BCUT2D eigenvalue weighted by Gasteiger charge is 2.28. The van der Waals surface area contributed by atoms with Gasteiger partial charge >= 0.3 is 0 Å². The molecule has 0 bridgehead atoms. The Hall–Kier alpha value is -1.75. The van der Waals surface area contributed by atoms with Gasteiger partial charge < -0.3 is 4.52 Å². The molecule has 2 aromatic heterocycles. The molecule has 0 aromatic carbocycles. The highest BCUT2D eigenvalue weighted by atomic mass is 16.5. The predicted molar refractivity (Wildman–Crippen MR) is 76.0 cm³/mol. The summed E-state index contributed by atoms with van der Waals surface area (Å²) in [6, 6.07) is 4.09. The molecule has 1 fully saturated rings. The van der Waals surface area contributed by atoms with Crippen molar-refractivity contribution in [1.82, 2.24) is 20.0 Å². The van der Waals surface area contributed by atoms with E-state index >= 15 is 0 Å². The summed E-state index contributed by atoms with van der Waals surface area (Å²) >= 11 is 0. The van der Waals surface area contributed by atoms with Crippen molar-refractivity contribution in [2.24, 2.45) is 0 Å². The average Bonchev–Trinajstić information content (AvgIpc) is 2.99. The van der Waals surface area contributed by atoms with Crippen molar-refractivity contribution in [3.05, 3.63) is 30.4 Å². The molecule has 0 N–H and O–H groups in total. The molecule has 1 aliphatic rings. The molecule has 5 nitrogen and oxygen atoms in total. The summed E-state index contributed by atoms with van der Waals surface area (Å²) in [6.45, 7) is 4.44. The number of rotatable bonds is 4. The number of piperidine rings is 1. The maximum atomic E-state index is 5.51. The van der Waals surface area contributed by atoms with E-state index < -0.39 is 0 Å². The summed E-state index contributed by atoms with van der Waals surface area (Å²) in [5, 5.41) is 4.12. The van der Waals surface area contributed by atoms with Gasteiger partial charge in [-0.3, -0.25) is 9.88 Å². The van der Waals surface area contributed by atoms with Gasteiger partial charge in [-0.25, -0.2) is 0 Å². The van der Waals surface area contributed by atoms with Gasteiger partial charge in [0.25, 0.3) is 0 Å². The molecule has 20 heavy (non-hydrogen) atoms. The number of likely N-dealkylation sites (tertiary alicyclic amines) is 1. The van der Waals surface area contributed by atoms with Gasteiger partial charge in [-0.1, -0.05) is 18.5 Å². The molecule has 106 valence electrons. The van der Waals surface area contributed by atoms with Crippen LogP contribution in [0.5, 0.6) is 0 Å². The van der Waals surface area contributed by atoms with E-state index in [1.165, 1.54) is 12.8 Å². The van der Waals surface area contributed by atoms with E-state index in [4.69, 9.17) is 4.52 Å². The summed E-state index contributed by atoms with van der Waals surface area (Å²) < 4.78 is 5.51. The number of pyridine rings is 1. The van der Waals surface area contributed by atoms with Crippen LogP contribution >= 0.6 is 0 Å². The van der Waals surface area contributed by atoms with Crippen molar-refractivity contribution in [1.29, 1.82) is 0 Å². The largest absolute Gasteiger partial charge is 0.337 e. The fourth-order valence-corrected chi connectivity index (χ4v) is 2.81. The third kappa shape index (κ3) is 2.72. The SMILES string of the molecule is CCCN1CCCCC1c1nc(-c2ccncc2)no1. The van der Waals surface area contributed by atoms with Crippen molar-refractivity contribution >= 4 is 0 Å². The summed E-state index contributed by atoms with van der Waals surface area (Å²) in [4.78, 5) is 11.1. The molecule has 1 saturated heterocycles. The number of nitrogens with zero attached hydrogens (tertiary/aromatic N) is 4. The maximum Gasteiger partial charge on any atom is 0.244 e. The van der Waals surface area contributed by atoms with Gasteiger partial charge in [-0.05, 0) is 44.5 Å². The first-order valence-corrected chi connectivity index (χ1v) is 7.36. The molecule has 3 rings (SSSR count). The molecule has 0 saturated carbocycles. The van der Waals surface area contributed by atoms with Crippen LogP contribution in [0.2, 0.25) is 0 Å². The lowest BCUT2D eigenvalue weighted by atomic mass is 10.0. The summed E-state index contributed by atoms with van der Waals surface area (Å²) in [5.74, 6) is 1.41. The normalized spacial score (nSPS) is 20.1. The summed E-state index contributed by atoms with van der Waals surface area (Å²) in [6.07, 6.45) is 8.25. The van der Waals surface area contributed by atoms with Crippen LogP contribution < -0.4 is 0 Å². The Kier molecular flexibility index (Phi) is 4.06. The Labute approximate surface area is 119 Å². The topological polar surface area (TPSA) is 55.1 Å². The van der Waals surface area contributed by atoms with E-state index in [9.17, 15) is 0 Å². The van der Waals surface area contributed by atoms with Crippen molar-refractivity contribution in [2.45, 2.75) is 38.6 Å². The van der Waals surface area contributed by atoms with Crippen LogP contribution in [0.3, 0.4) is 0 Å². The van der Waals surface area contributed by atoms with Crippen LogP contribution in [0.15, 0.2) is 29.0 Å². The third-order valence-electron chi connectivity index (χ3n) is 3.79. The van der Waals surface area contributed by atoms with Gasteiger partial charge in [0.2, 0.25) is 11.7 Å². The van der Waals surface area contributed by atoms with Crippen LogP contribution in [0.1, 0.15) is 44.5 Å².